The number of nitrogens with one attached hydrogen (secondary N) is 1. The van der Waals surface area contributed by atoms with Crippen molar-refractivity contribution in [2.24, 2.45) is 0 Å². The van der Waals surface area contributed by atoms with E-state index in [4.69, 9.17) is 9.15 Å². The number of benzene rings is 1. The van der Waals surface area contributed by atoms with Gasteiger partial charge in [-0.1, -0.05) is 31.0 Å². The van der Waals surface area contributed by atoms with Crippen LogP contribution < -0.4 is 5.32 Å². The molecule has 1 saturated carbocycles. The Kier molecular flexibility index (Phi) is 4.66. The molecular weight excluding hydrogens is 346 g/mol. The summed E-state index contributed by atoms with van der Waals surface area (Å²) in [6, 6.07) is 9.44. The van der Waals surface area contributed by atoms with Crippen molar-refractivity contribution in [2.45, 2.75) is 38.6 Å². The number of aryl methyl sites for hydroxylation is 1. The summed E-state index contributed by atoms with van der Waals surface area (Å²) in [6.07, 6.45) is 6.13. The van der Waals surface area contributed by atoms with Crippen LogP contribution in [0.15, 0.2) is 40.9 Å². The zero-order valence-corrected chi connectivity index (χ0v) is 15.1. The van der Waals surface area contributed by atoms with Crippen molar-refractivity contribution >= 4 is 28.7 Å². The van der Waals surface area contributed by atoms with Crippen LogP contribution in [-0.2, 0) is 9.53 Å². The van der Waals surface area contributed by atoms with E-state index in [2.05, 4.69) is 10.4 Å². The molecule has 0 saturated heterocycles. The number of para-hydroxylation sites is 1. The number of anilines is 1. The first-order chi connectivity index (χ1) is 13.1. The molecular formula is C20H21N3O4. The van der Waals surface area contributed by atoms with Crippen LogP contribution in [0.25, 0.3) is 11.0 Å². The Hall–Kier alpha value is -3.09. The predicted molar refractivity (Wildman–Crippen MR) is 99.6 cm³/mol. The molecule has 27 heavy (non-hydrogen) atoms. The van der Waals surface area contributed by atoms with E-state index < -0.39 is 11.9 Å². The molecule has 3 aromatic rings. The molecule has 1 aromatic carbocycles. The third kappa shape index (κ3) is 3.45. The molecule has 2 heterocycles. The number of hydrogen-bond donors (Lipinski definition) is 1. The van der Waals surface area contributed by atoms with Gasteiger partial charge in [-0.2, -0.15) is 5.10 Å². The molecule has 0 bridgehead atoms. The highest BCUT2D eigenvalue weighted by atomic mass is 16.5. The second-order valence-electron chi connectivity index (χ2n) is 6.78. The van der Waals surface area contributed by atoms with Gasteiger partial charge in [0.25, 0.3) is 5.91 Å². The van der Waals surface area contributed by atoms with Crippen molar-refractivity contribution < 1.29 is 18.7 Å². The number of fused-ring (bicyclic) bond motifs is 1. The number of carbonyl (C=O) groups is 2. The van der Waals surface area contributed by atoms with E-state index in [0.29, 0.717) is 23.0 Å². The van der Waals surface area contributed by atoms with Crippen LogP contribution in [0.2, 0.25) is 0 Å². The van der Waals surface area contributed by atoms with Gasteiger partial charge in [-0.25, -0.2) is 9.48 Å². The fourth-order valence-electron chi connectivity index (χ4n) is 3.60. The minimum absolute atomic E-state index is 0.125. The van der Waals surface area contributed by atoms with Crippen molar-refractivity contribution in [3.63, 3.8) is 0 Å². The zero-order chi connectivity index (χ0) is 18.8. The van der Waals surface area contributed by atoms with Crippen molar-refractivity contribution in [3.8, 4) is 0 Å². The van der Waals surface area contributed by atoms with Crippen LogP contribution in [0.5, 0.6) is 0 Å². The molecule has 4 rings (SSSR count). The molecule has 1 aliphatic rings. The van der Waals surface area contributed by atoms with Crippen LogP contribution in [-0.4, -0.2) is 28.3 Å². The average molecular weight is 367 g/mol. The summed E-state index contributed by atoms with van der Waals surface area (Å²) in [5.74, 6) is -0.303. The molecule has 0 atom stereocenters. The van der Waals surface area contributed by atoms with Crippen LogP contribution >= 0.6 is 0 Å². The first-order valence-electron chi connectivity index (χ1n) is 9.12. The highest BCUT2D eigenvalue weighted by Gasteiger charge is 2.22. The van der Waals surface area contributed by atoms with Crippen molar-refractivity contribution in [2.75, 3.05) is 11.9 Å². The number of amides is 1. The van der Waals surface area contributed by atoms with Gasteiger partial charge in [-0.3, -0.25) is 4.79 Å². The molecule has 1 fully saturated rings. The van der Waals surface area contributed by atoms with Crippen molar-refractivity contribution in [3.05, 3.63) is 47.9 Å². The van der Waals surface area contributed by atoms with Gasteiger partial charge in [-0.15, -0.1) is 0 Å². The predicted octanol–water partition coefficient (Wildman–Crippen LogP) is 3.85. The first kappa shape index (κ1) is 17.3. The van der Waals surface area contributed by atoms with Crippen molar-refractivity contribution in [1.82, 2.24) is 9.78 Å². The molecule has 7 nitrogen and oxygen atoms in total. The summed E-state index contributed by atoms with van der Waals surface area (Å²) in [7, 11) is 0. The Labute approximate surface area is 156 Å². The maximum absolute atomic E-state index is 12.3. The fourth-order valence-corrected chi connectivity index (χ4v) is 3.60. The minimum atomic E-state index is -0.650. The van der Waals surface area contributed by atoms with Gasteiger partial charge in [0.05, 0.1) is 12.2 Å². The summed E-state index contributed by atoms with van der Waals surface area (Å²) in [6.45, 7) is 1.41. The Balaban J connectivity index is 1.38. The van der Waals surface area contributed by atoms with Gasteiger partial charge >= 0.3 is 5.97 Å². The summed E-state index contributed by atoms with van der Waals surface area (Å²) in [4.78, 5) is 24.5. The Bertz CT molecular complexity index is 982. The van der Waals surface area contributed by atoms with Gasteiger partial charge in [-0.05, 0) is 25.8 Å². The average Bonchev–Trinajstić information content (AvgIpc) is 3.40. The maximum Gasteiger partial charge on any atom is 0.375 e. The summed E-state index contributed by atoms with van der Waals surface area (Å²) in [5, 5.41) is 7.93. The van der Waals surface area contributed by atoms with E-state index in [1.165, 1.54) is 12.8 Å². The van der Waals surface area contributed by atoms with E-state index in [1.54, 1.807) is 25.3 Å². The second-order valence-corrected chi connectivity index (χ2v) is 6.78. The van der Waals surface area contributed by atoms with E-state index >= 15 is 0 Å². The minimum Gasteiger partial charge on any atom is -0.450 e. The molecule has 1 amide bonds. The Morgan fingerprint density at radius 2 is 2.04 bits per heavy atom. The summed E-state index contributed by atoms with van der Waals surface area (Å²) in [5.41, 5.74) is 1.32. The summed E-state index contributed by atoms with van der Waals surface area (Å²) < 4.78 is 12.5. The fraction of sp³-hybridized carbons (Fsp3) is 0.350. The molecule has 0 unspecified atom stereocenters. The number of hydrogen-bond acceptors (Lipinski definition) is 5. The SMILES string of the molecule is Cc1c(C(=O)OCC(=O)Nc2ccnn2C2CCCC2)oc2ccccc12. The zero-order valence-electron chi connectivity index (χ0n) is 15.1. The lowest BCUT2D eigenvalue weighted by Gasteiger charge is -2.14. The quantitative estimate of drug-likeness (QED) is 0.692. The topological polar surface area (TPSA) is 86.4 Å². The lowest BCUT2D eigenvalue weighted by atomic mass is 10.1. The molecule has 0 radical (unpaired) electrons. The lowest BCUT2D eigenvalue weighted by Crippen LogP contribution is -2.23. The van der Waals surface area contributed by atoms with Crippen LogP contribution in [0.1, 0.15) is 47.8 Å². The first-order valence-corrected chi connectivity index (χ1v) is 9.12. The van der Waals surface area contributed by atoms with Gasteiger partial charge in [0, 0.05) is 17.0 Å². The number of carbonyl (C=O) groups excluding carboxylic acids is 2. The molecule has 7 heteroatoms. The molecule has 0 aliphatic heterocycles. The van der Waals surface area contributed by atoms with Gasteiger partial charge in [0.2, 0.25) is 5.76 Å². The second kappa shape index (κ2) is 7.26. The highest BCUT2D eigenvalue weighted by molar-refractivity contribution is 5.98. The Morgan fingerprint density at radius 1 is 1.26 bits per heavy atom. The molecule has 2 aromatic heterocycles. The number of nitrogens with zero attached hydrogens (tertiary/aromatic N) is 2. The monoisotopic (exact) mass is 367 g/mol. The number of ether oxygens (including phenoxy) is 1. The largest absolute Gasteiger partial charge is 0.450 e. The van der Waals surface area contributed by atoms with Crippen LogP contribution in [0.4, 0.5) is 5.82 Å². The third-order valence-corrected chi connectivity index (χ3v) is 4.97. The number of esters is 1. The van der Waals surface area contributed by atoms with E-state index in [1.807, 2.05) is 22.9 Å². The van der Waals surface area contributed by atoms with Crippen LogP contribution in [0, 0.1) is 6.92 Å². The normalized spacial score (nSPS) is 14.6. The number of aromatic nitrogens is 2. The highest BCUT2D eigenvalue weighted by Crippen LogP contribution is 2.31. The van der Waals surface area contributed by atoms with E-state index in [-0.39, 0.29) is 12.4 Å². The maximum atomic E-state index is 12.3. The van der Waals surface area contributed by atoms with E-state index in [9.17, 15) is 9.59 Å². The van der Waals surface area contributed by atoms with Crippen molar-refractivity contribution in [1.29, 1.82) is 0 Å². The van der Waals surface area contributed by atoms with Crippen LogP contribution in [0.3, 0.4) is 0 Å². The molecule has 140 valence electrons. The number of furan rings is 1. The molecule has 1 N–H and O–H groups in total. The summed E-state index contributed by atoms with van der Waals surface area (Å²) >= 11 is 0. The van der Waals surface area contributed by atoms with E-state index in [0.717, 1.165) is 18.2 Å². The lowest BCUT2D eigenvalue weighted by molar-refractivity contribution is -0.119. The van der Waals surface area contributed by atoms with Gasteiger partial charge in [0.15, 0.2) is 6.61 Å². The standard InChI is InChI=1S/C20H21N3O4/c1-13-15-8-4-5-9-16(15)27-19(13)20(25)26-12-18(24)22-17-10-11-21-23(17)14-6-2-3-7-14/h4-5,8-11,14H,2-3,6-7,12H2,1H3,(H,22,24). The molecule has 0 spiro atoms. The molecule has 1 aliphatic carbocycles. The Morgan fingerprint density at radius 3 is 2.81 bits per heavy atom. The smallest absolute Gasteiger partial charge is 0.375 e. The van der Waals surface area contributed by atoms with Gasteiger partial charge in [0.1, 0.15) is 11.4 Å². The third-order valence-electron chi connectivity index (χ3n) is 4.97. The van der Waals surface area contributed by atoms with Gasteiger partial charge < -0.3 is 14.5 Å². The number of rotatable bonds is 5.